The molecule has 2 aromatic carbocycles. The van der Waals surface area contributed by atoms with E-state index >= 15 is 0 Å². The Labute approximate surface area is 187 Å². The van der Waals surface area contributed by atoms with Gasteiger partial charge in [0, 0.05) is 36.6 Å². The molecule has 0 aliphatic carbocycles. The van der Waals surface area contributed by atoms with Gasteiger partial charge < -0.3 is 33.7 Å². The second-order valence-electron chi connectivity index (χ2n) is 7.33. The summed E-state index contributed by atoms with van der Waals surface area (Å²) < 4.78 is 23.9. The fourth-order valence-corrected chi connectivity index (χ4v) is 4.07. The number of benzene rings is 2. The van der Waals surface area contributed by atoms with E-state index in [0.29, 0.717) is 41.8 Å². The fourth-order valence-electron chi connectivity index (χ4n) is 4.07. The van der Waals surface area contributed by atoms with Crippen LogP contribution in [0.15, 0.2) is 54.7 Å². The average Bonchev–Trinajstić information content (AvgIpc) is 3.32. The minimum Gasteiger partial charge on any atom is -0.497 e. The Kier molecular flexibility index (Phi) is 6.11. The molecule has 2 heterocycles. The van der Waals surface area contributed by atoms with E-state index in [4.69, 9.17) is 18.9 Å². The van der Waals surface area contributed by atoms with Crippen molar-refractivity contribution in [3.05, 3.63) is 66.0 Å². The Morgan fingerprint density at radius 1 is 0.875 bits per heavy atom. The molecule has 0 radical (unpaired) electrons. The van der Waals surface area contributed by atoms with Crippen LogP contribution in [0.3, 0.4) is 0 Å². The maximum Gasteiger partial charge on any atom is 0.322 e. The van der Waals surface area contributed by atoms with Gasteiger partial charge in [0.2, 0.25) is 0 Å². The first-order valence-electron chi connectivity index (χ1n) is 10.3. The Hall–Kier alpha value is -3.81. The zero-order chi connectivity index (χ0) is 22.7. The molecule has 8 nitrogen and oxygen atoms in total. The maximum atomic E-state index is 13.5. The van der Waals surface area contributed by atoms with E-state index in [0.717, 1.165) is 11.3 Å². The Morgan fingerprint density at radius 3 is 2.31 bits per heavy atom. The molecule has 0 saturated carbocycles. The highest BCUT2D eigenvalue weighted by molar-refractivity contribution is 5.92. The molecule has 1 unspecified atom stereocenters. The van der Waals surface area contributed by atoms with E-state index in [2.05, 4.69) is 9.88 Å². The molecule has 4 rings (SSSR count). The summed E-state index contributed by atoms with van der Waals surface area (Å²) in [4.78, 5) is 15.3. The molecular formula is C24H27N3O5. The van der Waals surface area contributed by atoms with Crippen molar-refractivity contribution in [1.29, 1.82) is 0 Å². The summed E-state index contributed by atoms with van der Waals surface area (Å²) in [6.07, 6.45) is 2.02. The van der Waals surface area contributed by atoms with Gasteiger partial charge in [-0.25, -0.2) is 4.79 Å². The fraction of sp³-hybridized carbons (Fsp3) is 0.292. The number of aromatic nitrogens is 1. The molecule has 1 aliphatic rings. The first-order chi connectivity index (χ1) is 15.6. The third-order valence-electron chi connectivity index (χ3n) is 5.68. The predicted molar refractivity (Wildman–Crippen MR) is 121 cm³/mol. The lowest BCUT2D eigenvalue weighted by Crippen LogP contribution is -2.44. The first kappa shape index (κ1) is 21.4. The Balaban J connectivity index is 1.73. The summed E-state index contributed by atoms with van der Waals surface area (Å²) in [7, 11) is 6.39. The lowest BCUT2D eigenvalue weighted by atomic mass is 9.98. The summed E-state index contributed by atoms with van der Waals surface area (Å²) in [5.41, 5.74) is 2.42. The first-order valence-corrected chi connectivity index (χ1v) is 10.3. The molecule has 1 N–H and O–H groups in total. The van der Waals surface area contributed by atoms with Crippen LogP contribution in [0.2, 0.25) is 0 Å². The monoisotopic (exact) mass is 437 g/mol. The molecule has 0 fully saturated rings. The third kappa shape index (κ3) is 3.91. The van der Waals surface area contributed by atoms with Crippen LogP contribution in [0.5, 0.6) is 23.0 Å². The van der Waals surface area contributed by atoms with E-state index in [-0.39, 0.29) is 12.1 Å². The van der Waals surface area contributed by atoms with Gasteiger partial charge in [-0.15, -0.1) is 0 Å². The molecule has 0 bridgehead atoms. The molecule has 1 aliphatic heterocycles. The second kappa shape index (κ2) is 9.13. The standard InChI is InChI=1S/C24H27N3O5/c1-29-16-8-10-21(31-3)18(14-16)23-20-6-5-11-26(20)12-13-27(23)24(28)25-19-9-7-17(30-2)15-22(19)32-4/h5-11,14-15,23H,12-13H2,1-4H3,(H,25,28). The van der Waals surface area contributed by atoms with Gasteiger partial charge in [-0.1, -0.05) is 0 Å². The largest absolute Gasteiger partial charge is 0.497 e. The highest BCUT2D eigenvalue weighted by atomic mass is 16.5. The molecule has 0 saturated heterocycles. The molecule has 3 aromatic rings. The Morgan fingerprint density at radius 2 is 1.59 bits per heavy atom. The van der Waals surface area contributed by atoms with Gasteiger partial charge in [-0.2, -0.15) is 0 Å². The van der Waals surface area contributed by atoms with Crippen molar-refractivity contribution in [3.63, 3.8) is 0 Å². The van der Waals surface area contributed by atoms with Crippen LogP contribution < -0.4 is 24.3 Å². The molecule has 168 valence electrons. The number of methoxy groups -OCH3 is 4. The summed E-state index contributed by atoms with van der Waals surface area (Å²) in [6, 6.07) is 14.3. The molecular weight excluding hydrogens is 410 g/mol. The number of nitrogens with zero attached hydrogens (tertiary/aromatic N) is 2. The SMILES string of the molecule is COc1ccc(NC(=O)N2CCn3cccc3C2c2cc(OC)ccc2OC)c(OC)c1. The highest BCUT2D eigenvalue weighted by Gasteiger charge is 2.34. The van der Waals surface area contributed by atoms with Crippen LogP contribution in [0.25, 0.3) is 0 Å². The maximum absolute atomic E-state index is 13.5. The number of ether oxygens (including phenoxy) is 4. The number of carbonyl (C=O) groups excluding carboxylic acids is 1. The van der Waals surface area contributed by atoms with Crippen molar-refractivity contribution in [3.8, 4) is 23.0 Å². The number of carbonyl (C=O) groups is 1. The van der Waals surface area contributed by atoms with Crippen LogP contribution in [-0.4, -0.2) is 50.5 Å². The van der Waals surface area contributed by atoms with E-state index in [9.17, 15) is 4.79 Å². The van der Waals surface area contributed by atoms with E-state index in [1.165, 1.54) is 0 Å². The molecule has 32 heavy (non-hydrogen) atoms. The van der Waals surface area contributed by atoms with Gasteiger partial charge in [0.25, 0.3) is 0 Å². The second-order valence-corrected chi connectivity index (χ2v) is 7.33. The number of hydrogen-bond donors (Lipinski definition) is 1. The van der Waals surface area contributed by atoms with Gasteiger partial charge in [-0.3, -0.25) is 0 Å². The molecule has 1 atom stereocenters. The number of hydrogen-bond acceptors (Lipinski definition) is 5. The van der Waals surface area contributed by atoms with Crippen LogP contribution in [-0.2, 0) is 6.54 Å². The van der Waals surface area contributed by atoms with Crippen LogP contribution >= 0.6 is 0 Å². The van der Waals surface area contributed by atoms with Crippen molar-refractivity contribution in [2.45, 2.75) is 12.6 Å². The van der Waals surface area contributed by atoms with Gasteiger partial charge in [0.05, 0.1) is 34.1 Å². The van der Waals surface area contributed by atoms with Crippen molar-refractivity contribution in [1.82, 2.24) is 9.47 Å². The lowest BCUT2D eigenvalue weighted by Gasteiger charge is -2.38. The van der Waals surface area contributed by atoms with Crippen LogP contribution in [0.4, 0.5) is 10.5 Å². The van der Waals surface area contributed by atoms with Gasteiger partial charge in [0.15, 0.2) is 0 Å². The highest BCUT2D eigenvalue weighted by Crippen LogP contribution is 2.40. The molecule has 2 amide bonds. The van der Waals surface area contributed by atoms with Crippen LogP contribution in [0.1, 0.15) is 17.3 Å². The Bertz CT molecular complexity index is 1110. The number of amides is 2. The third-order valence-corrected chi connectivity index (χ3v) is 5.68. The number of nitrogens with one attached hydrogen (secondary N) is 1. The quantitative estimate of drug-likeness (QED) is 0.627. The van der Waals surface area contributed by atoms with E-state index < -0.39 is 0 Å². The number of rotatable bonds is 6. The summed E-state index contributed by atoms with van der Waals surface area (Å²) in [5, 5.41) is 3.00. The van der Waals surface area contributed by atoms with E-state index in [1.807, 2.05) is 36.5 Å². The van der Waals surface area contributed by atoms with Gasteiger partial charge in [0.1, 0.15) is 29.0 Å². The molecule has 8 heteroatoms. The van der Waals surface area contributed by atoms with Gasteiger partial charge in [-0.05, 0) is 42.5 Å². The minimum absolute atomic E-state index is 0.240. The van der Waals surface area contributed by atoms with Crippen molar-refractivity contribution in [2.75, 3.05) is 40.3 Å². The summed E-state index contributed by atoms with van der Waals surface area (Å²) >= 11 is 0. The summed E-state index contributed by atoms with van der Waals surface area (Å²) in [6.45, 7) is 1.22. The normalized spacial score (nSPS) is 15.0. The lowest BCUT2D eigenvalue weighted by molar-refractivity contribution is 0.180. The smallest absolute Gasteiger partial charge is 0.322 e. The summed E-state index contributed by atoms with van der Waals surface area (Å²) in [5.74, 6) is 2.55. The number of urea groups is 1. The minimum atomic E-state index is -0.354. The van der Waals surface area contributed by atoms with Crippen molar-refractivity contribution in [2.24, 2.45) is 0 Å². The zero-order valence-corrected chi connectivity index (χ0v) is 18.6. The number of anilines is 1. The predicted octanol–water partition coefficient (Wildman–Crippen LogP) is 4.16. The van der Waals surface area contributed by atoms with E-state index in [1.54, 1.807) is 51.5 Å². The number of fused-ring (bicyclic) bond motifs is 1. The molecule has 0 spiro atoms. The topological polar surface area (TPSA) is 74.2 Å². The van der Waals surface area contributed by atoms with Crippen molar-refractivity contribution < 1.29 is 23.7 Å². The molecule has 1 aromatic heterocycles. The van der Waals surface area contributed by atoms with Crippen LogP contribution in [0, 0.1) is 0 Å². The zero-order valence-electron chi connectivity index (χ0n) is 18.6. The average molecular weight is 437 g/mol. The van der Waals surface area contributed by atoms with Gasteiger partial charge >= 0.3 is 6.03 Å². The van der Waals surface area contributed by atoms with Crippen molar-refractivity contribution >= 4 is 11.7 Å².